The predicted molar refractivity (Wildman–Crippen MR) is 105 cm³/mol. The molecule has 170 valence electrons. The minimum atomic E-state index is -2.74. The predicted octanol–water partition coefficient (Wildman–Crippen LogP) is 0.391. The molecule has 1 aliphatic rings. The zero-order valence-electron chi connectivity index (χ0n) is 17.1. The number of carboxylic acid groups (broad SMARTS) is 3. The monoisotopic (exact) mass is 429 g/mol. The molecular formula is C19H31N3O8. The molecule has 1 aromatic heterocycles. The molecular weight excluding hydrogens is 398 g/mol. The molecule has 0 aliphatic carbocycles. The molecule has 1 aliphatic heterocycles. The smallest absolute Gasteiger partial charge is 0.336 e. The number of carbonyl (C=O) groups is 3. The largest absolute Gasteiger partial charge is 0.481 e. The van der Waals surface area contributed by atoms with Gasteiger partial charge in [0.2, 0.25) is 0 Å². The fraction of sp³-hybridized carbons (Fsp3) is 0.684. The van der Waals surface area contributed by atoms with Gasteiger partial charge >= 0.3 is 17.9 Å². The lowest BCUT2D eigenvalue weighted by Crippen LogP contribution is -2.42. The van der Waals surface area contributed by atoms with Crippen LogP contribution in [0.5, 0.6) is 0 Å². The number of hydrogen-bond donors (Lipinski definition) is 5. The Morgan fingerprint density at radius 2 is 1.80 bits per heavy atom. The lowest BCUT2D eigenvalue weighted by atomic mass is 9.96. The third-order valence-corrected chi connectivity index (χ3v) is 5.00. The van der Waals surface area contributed by atoms with Crippen molar-refractivity contribution >= 4 is 17.9 Å². The molecule has 0 spiro atoms. The molecule has 5 N–H and O–H groups in total. The van der Waals surface area contributed by atoms with E-state index in [1.165, 1.54) is 25.0 Å². The fourth-order valence-electron chi connectivity index (χ4n) is 3.43. The van der Waals surface area contributed by atoms with Gasteiger partial charge in [-0.1, -0.05) is 6.42 Å². The Balaban J connectivity index is 0.000000314. The molecule has 1 aromatic rings. The number of rotatable bonds is 10. The number of carboxylic acids is 3. The van der Waals surface area contributed by atoms with Crippen molar-refractivity contribution in [3.05, 3.63) is 18.2 Å². The molecule has 0 saturated carbocycles. The van der Waals surface area contributed by atoms with Gasteiger partial charge in [0.15, 0.2) is 5.60 Å². The quantitative estimate of drug-likeness (QED) is 0.350. The molecule has 1 fully saturated rings. The minimum absolute atomic E-state index is 0.300. The summed E-state index contributed by atoms with van der Waals surface area (Å²) in [5, 5.41) is 42.9. The van der Waals surface area contributed by atoms with Crippen LogP contribution in [0.25, 0.3) is 0 Å². The highest BCUT2D eigenvalue weighted by Gasteiger charge is 2.40. The van der Waals surface area contributed by atoms with Crippen LogP contribution in [-0.2, 0) is 27.5 Å². The summed E-state index contributed by atoms with van der Waals surface area (Å²) in [6.45, 7) is 5.55. The number of imidazole rings is 1. The van der Waals surface area contributed by atoms with E-state index in [0.717, 1.165) is 26.1 Å². The average Bonchev–Trinajstić information content (AvgIpc) is 3.10. The maximum atomic E-state index is 10.3. The van der Waals surface area contributed by atoms with Crippen molar-refractivity contribution in [1.82, 2.24) is 14.5 Å². The van der Waals surface area contributed by atoms with Crippen molar-refractivity contribution in [2.24, 2.45) is 0 Å². The highest BCUT2D eigenvalue weighted by molar-refractivity contribution is 5.88. The van der Waals surface area contributed by atoms with E-state index in [1.807, 2.05) is 12.5 Å². The Kier molecular flexibility index (Phi) is 10.4. The van der Waals surface area contributed by atoms with Crippen LogP contribution in [-0.4, -0.2) is 82.7 Å². The Morgan fingerprint density at radius 3 is 2.30 bits per heavy atom. The summed E-state index contributed by atoms with van der Waals surface area (Å²) in [6, 6.07) is 0.550. The summed E-state index contributed by atoms with van der Waals surface area (Å²) >= 11 is 0. The average molecular weight is 429 g/mol. The molecule has 2 heterocycles. The molecule has 0 aromatic carbocycles. The van der Waals surface area contributed by atoms with Crippen LogP contribution in [0.3, 0.4) is 0 Å². The summed E-state index contributed by atoms with van der Waals surface area (Å²) < 4.78 is 2.20. The van der Waals surface area contributed by atoms with E-state index in [4.69, 9.17) is 25.5 Å². The second-order valence-electron chi connectivity index (χ2n) is 7.28. The van der Waals surface area contributed by atoms with Crippen LogP contribution in [0.15, 0.2) is 12.5 Å². The second kappa shape index (κ2) is 12.3. The van der Waals surface area contributed by atoms with Crippen molar-refractivity contribution in [3.8, 4) is 0 Å². The van der Waals surface area contributed by atoms with Gasteiger partial charge < -0.3 is 30.1 Å². The molecule has 1 saturated heterocycles. The Hall–Kier alpha value is -2.50. The molecule has 2 rings (SSSR count). The normalized spacial score (nSPS) is 17.1. The van der Waals surface area contributed by atoms with Gasteiger partial charge in [-0.3, -0.25) is 14.5 Å². The van der Waals surface area contributed by atoms with Crippen molar-refractivity contribution in [1.29, 1.82) is 0 Å². The third kappa shape index (κ3) is 8.09. The number of hydrogen-bond acceptors (Lipinski definition) is 7. The van der Waals surface area contributed by atoms with Gasteiger partial charge in [-0.05, 0) is 32.7 Å². The maximum absolute atomic E-state index is 10.3. The highest BCUT2D eigenvalue weighted by Crippen LogP contribution is 2.21. The van der Waals surface area contributed by atoms with Gasteiger partial charge in [-0.2, -0.15) is 0 Å². The van der Waals surface area contributed by atoms with Crippen LogP contribution in [0.2, 0.25) is 0 Å². The number of aromatic nitrogens is 2. The first-order chi connectivity index (χ1) is 14.1. The summed E-state index contributed by atoms with van der Waals surface area (Å²) in [7, 11) is 0. The molecule has 0 amide bonds. The molecule has 0 bridgehead atoms. The molecule has 1 unspecified atom stereocenters. The van der Waals surface area contributed by atoms with E-state index >= 15 is 0 Å². The summed E-state index contributed by atoms with van der Waals surface area (Å²) in [4.78, 5) is 37.2. The van der Waals surface area contributed by atoms with E-state index in [9.17, 15) is 14.4 Å². The number of aliphatic hydroxyl groups excluding tert-OH is 1. The van der Waals surface area contributed by atoms with Gasteiger partial charge in [0.25, 0.3) is 0 Å². The SMILES string of the molecule is CCn1cncc1CN1CCCCC1CCO.O=C(O)CC(O)(CC(=O)O)C(=O)O. The van der Waals surface area contributed by atoms with Gasteiger partial charge in [0.05, 0.1) is 24.9 Å². The number of likely N-dealkylation sites (tertiary alicyclic amines) is 1. The van der Waals surface area contributed by atoms with Gasteiger partial charge in [-0.15, -0.1) is 0 Å². The van der Waals surface area contributed by atoms with Gasteiger partial charge in [-0.25, -0.2) is 9.78 Å². The van der Waals surface area contributed by atoms with Crippen molar-refractivity contribution in [3.63, 3.8) is 0 Å². The zero-order valence-corrected chi connectivity index (χ0v) is 17.1. The van der Waals surface area contributed by atoms with E-state index in [2.05, 4.69) is 21.4 Å². The fourth-order valence-corrected chi connectivity index (χ4v) is 3.43. The van der Waals surface area contributed by atoms with Crippen LogP contribution >= 0.6 is 0 Å². The first kappa shape index (κ1) is 25.5. The molecule has 11 heteroatoms. The van der Waals surface area contributed by atoms with E-state index in [1.54, 1.807) is 0 Å². The molecule has 30 heavy (non-hydrogen) atoms. The van der Waals surface area contributed by atoms with Crippen LogP contribution in [0, 0.1) is 0 Å². The van der Waals surface area contributed by atoms with Crippen molar-refractivity contribution in [2.75, 3.05) is 13.2 Å². The number of aryl methyl sites for hydroxylation is 1. The molecule has 1 atom stereocenters. The number of aliphatic hydroxyl groups is 2. The van der Waals surface area contributed by atoms with Gasteiger partial charge in [0, 0.05) is 31.9 Å². The van der Waals surface area contributed by atoms with E-state index in [-0.39, 0.29) is 0 Å². The first-order valence-corrected chi connectivity index (χ1v) is 9.86. The number of aliphatic carboxylic acids is 3. The Morgan fingerprint density at radius 1 is 1.17 bits per heavy atom. The minimum Gasteiger partial charge on any atom is -0.481 e. The van der Waals surface area contributed by atoms with Crippen molar-refractivity contribution in [2.45, 2.75) is 70.2 Å². The topological polar surface area (TPSA) is 173 Å². The molecule has 0 radical (unpaired) electrons. The Bertz CT molecular complexity index is 688. The summed E-state index contributed by atoms with van der Waals surface area (Å²) in [6.07, 6.45) is 6.29. The van der Waals surface area contributed by atoms with Crippen LogP contribution in [0.4, 0.5) is 0 Å². The Labute approximate surface area is 174 Å². The number of piperidine rings is 1. The summed E-state index contributed by atoms with van der Waals surface area (Å²) in [5.41, 5.74) is -1.45. The van der Waals surface area contributed by atoms with Crippen LogP contribution < -0.4 is 0 Å². The van der Waals surface area contributed by atoms with E-state index < -0.39 is 36.4 Å². The zero-order chi connectivity index (χ0) is 22.7. The van der Waals surface area contributed by atoms with Gasteiger partial charge in [0.1, 0.15) is 0 Å². The first-order valence-electron chi connectivity index (χ1n) is 9.86. The lowest BCUT2D eigenvalue weighted by Gasteiger charge is -2.35. The lowest BCUT2D eigenvalue weighted by molar-refractivity contribution is -0.170. The maximum Gasteiger partial charge on any atom is 0.336 e. The van der Waals surface area contributed by atoms with Crippen LogP contribution in [0.1, 0.15) is 51.1 Å². The standard InChI is InChI=1S/C13H23N3O.C6H8O7/c1-2-15-11-14-9-13(15)10-16-7-4-3-5-12(16)6-8-17;7-3(8)1-6(13,5(11)12)2-4(9)10/h9,11-12,17H,2-8,10H2,1H3;13H,1-2H2,(H,7,8)(H,9,10)(H,11,12). The van der Waals surface area contributed by atoms with Crippen molar-refractivity contribution < 1.29 is 39.9 Å². The summed E-state index contributed by atoms with van der Waals surface area (Å²) in [5.74, 6) is -5.02. The number of nitrogens with zero attached hydrogens (tertiary/aromatic N) is 3. The molecule has 11 nitrogen and oxygen atoms in total. The second-order valence-corrected chi connectivity index (χ2v) is 7.28. The highest BCUT2D eigenvalue weighted by atomic mass is 16.4. The van der Waals surface area contributed by atoms with E-state index in [0.29, 0.717) is 12.6 Å². The third-order valence-electron chi connectivity index (χ3n) is 5.00.